The average Bonchev–Trinajstić information content (AvgIpc) is 2.21. The van der Waals surface area contributed by atoms with Gasteiger partial charge in [-0.3, -0.25) is 4.79 Å². The first kappa shape index (κ1) is 15.4. The molecule has 0 aromatic rings. The molecule has 0 saturated heterocycles. The molecule has 1 unspecified atom stereocenters. The molecule has 0 spiro atoms. The molecule has 4 nitrogen and oxygen atoms in total. The molecule has 0 bridgehead atoms. The Morgan fingerprint density at radius 1 is 1.25 bits per heavy atom. The Hall–Kier alpha value is -0.610. The van der Waals surface area contributed by atoms with Gasteiger partial charge in [0.15, 0.2) is 0 Å². The smallest absolute Gasteiger partial charge is 0.221 e. The molecule has 0 radical (unpaired) electrons. The molecule has 3 N–H and O–H groups in total. The van der Waals surface area contributed by atoms with Crippen LogP contribution < -0.4 is 10.6 Å². The van der Waals surface area contributed by atoms with Crippen molar-refractivity contribution in [3.05, 3.63) is 0 Å². The summed E-state index contributed by atoms with van der Waals surface area (Å²) in [6.45, 7) is 7.86. The number of hydrogen-bond acceptors (Lipinski definition) is 3. The van der Waals surface area contributed by atoms with Crippen molar-refractivity contribution in [1.29, 1.82) is 0 Å². The summed E-state index contributed by atoms with van der Waals surface area (Å²) in [5, 5.41) is 14.9. The van der Waals surface area contributed by atoms with E-state index >= 15 is 0 Å². The van der Waals surface area contributed by atoms with E-state index < -0.39 is 0 Å². The highest BCUT2D eigenvalue weighted by Gasteiger charge is 2.02. The van der Waals surface area contributed by atoms with Crippen molar-refractivity contribution >= 4 is 5.91 Å². The number of amides is 1. The zero-order valence-corrected chi connectivity index (χ0v) is 10.8. The normalized spacial score (nSPS) is 12.8. The highest BCUT2D eigenvalue weighted by atomic mass is 16.3. The van der Waals surface area contributed by atoms with Crippen molar-refractivity contribution in [3.8, 4) is 0 Å². The third-order valence-corrected chi connectivity index (χ3v) is 2.34. The maximum Gasteiger partial charge on any atom is 0.221 e. The Balaban J connectivity index is 3.24. The van der Waals surface area contributed by atoms with Gasteiger partial charge in [-0.15, -0.1) is 0 Å². The van der Waals surface area contributed by atoms with Gasteiger partial charge in [-0.05, 0) is 39.2 Å². The van der Waals surface area contributed by atoms with Crippen LogP contribution in [0.25, 0.3) is 0 Å². The minimum absolute atomic E-state index is 0.103. The SMILES string of the molecule is CC(CO)CCCNCCC(=O)NC(C)C. The van der Waals surface area contributed by atoms with Crippen molar-refractivity contribution in [2.45, 2.75) is 46.1 Å². The van der Waals surface area contributed by atoms with Crippen LogP contribution in [0.2, 0.25) is 0 Å². The Morgan fingerprint density at radius 2 is 1.94 bits per heavy atom. The first-order valence-corrected chi connectivity index (χ1v) is 6.17. The number of carbonyl (C=O) groups is 1. The summed E-state index contributed by atoms with van der Waals surface area (Å²) in [5.41, 5.74) is 0. The van der Waals surface area contributed by atoms with E-state index in [2.05, 4.69) is 10.6 Å². The molecule has 0 aromatic carbocycles. The fraction of sp³-hybridized carbons (Fsp3) is 0.917. The Morgan fingerprint density at radius 3 is 2.50 bits per heavy atom. The Kier molecular flexibility index (Phi) is 9.24. The first-order chi connectivity index (χ1) is 7.56. The van der Waals surface area contributed by atoms with Crippen molar-refractivity contribution in [1.82, 2.24) is 10.6 Å². The number of aliphatic hydroxyl groups excluding tert-OH is 1. The predicted octanol–water partition coefficient (Wildman–Crippen LogP) is 0.899. The summed E-state index contributed by atoms with van der Waals surface area (Å²) in [6, 6.07) is 0.220. The van der Waals surface area contributed by atoms with Crippen LogP contribution in [0, 0.1) is 5.92 Å². The molecule has 1 amide bonds. The maximum atomic E-state index is 11.3. The Labute approximate surface area is 98.8 Å². The van der Waals surface area contributed by atoms with Gasteiger partial charge in [0.2, 0.25) is 5.91 Å². The predicted molar refractivity (Wildman–Crippen MR) is 66.2 cm³/mol. The number of rotatable bonds is 9. The quantitative estimate of drug-likeness (QED) is 0.516. The van der Waals surface area contributed by atoms with Gasteiger partial charge in [0.1, 0.15) is 0 Å². The highest BCUT2D eigenvalue weighted by Crippen LogP contribution is 2.02. The van der Waals surface area contributed by atoms with Crippen molar-refractivity contribution in [2.75, 3.05) is 19.7 Å². The Bertz CT molecular complexity index is 184. The second-order valence-electron chi connectivity index (χ2n) is 4.65. The van der Waals surface area contributed by atoms with Gasteiger partial charge >= 0.3 is 0 Å². The molecule has 0 heterocycles. The minimum atomic E-state index is 0.103. The first-order valence-electron chi connectivity index (χ1n) is 6.17. The fourth-order valence-electron chi connectivity index (χ4n) is 1.39. The summed E-state index contributed by atoms with van der Waals surface area (Å²) in [7, 11) is 0. The molecular weight excluding hydrogens is 204 g/mol. The van der Waals surface area contributed by atoms with Crippen LogP contribution in [0.15, 0.2) is 0 Å². The van der Waals surface area contributed by atoms with Crippen LogP contribution in [0.5, 0.6) is 0 Å². The van der Waals surface area contributed by atoms with Crippen LogP contribution in [-0.4, -0.2) is 36.8 Å². The molecule has 0 fully saturated rings. The zero-order chi connectivity index (χ0) is 12.4. The molecule has 1 atom stereocenters. The van der Waals surface area contributed by atoms with Gasteiger partial charge in [-0.1, -0.05) is 6.92 Å². The molecule has 0 aliphatic rings. The molecule has 0 rings (SSSR count). The summed E-state index contributed by atoms with van der Waals surface area (Å²) < 4.78 is 0. The van der Waals surface area contributed by atoms with Crippen molar-refractivity contribution in [2.24, 2.45) is 5.92 Å². The van der Waals surface area contributed by atoms with Gasteiger partial charge in [0, 0.05) is 25.6 Å². The van der Waals surface area contributed by atoms with Crippen LogP contribution in [0.4, 0.5) is 0 Å². The molecule has 96 valence electrons. The fourth-order valence-corrected chi connectivity index (χ4v) is 1.39. The number of aliphatic hydroxyl groups is 1. The van der Waals surface area contributed by atoms with E-state index in [1.54, 1.807) is 0 Å². The summed E-state index contributed by atoms with van der Waals surface area (Å²) in [5.74, 6) is 0.484. The van der Waals surface area contributed by atoms with E-state index in [0.29, 0.717) is 12.3 Å². The lowest BCUT2D eigenvalue weighted by Gasteiger charge is -2.10. The molecule has 4 heteroatoms. The average molecular weight is 230 g/mol. The molecule has 0 aliphatic heterocycles. The summed E-state index contributed by atoms with van der Waals surface area (Å²) in [6.07, 6.45) is 2.61. The van der Waals surface area contributed by atoms with E-state index in [4.69, 9.17) is 5.11 Å². The van der Waals surface area contributed by atoms with Crippen molar-refractivity contribution < 1.29 is 9.90 Å². The van der Waals surface area contributed by atoms with Gasteiger partial charge in [-0.25, -0.2) is 0 Å². The molecule has 0 aromatic heterocycles. The van der Waals surface area contributed by atoms with Crippen LogP contribution in [0.3, 0.4) is 0 Å². The third kappa shape index (κ3) is 9.93. The van der Waals surface area contributed by atoms with E-state index in [1.165, 1.54) is 0 Å². The lowest BCUT2D eigenvalue weighted by atomic mass is 10.1. The summed E-state index contributed by atoms with van der Waals surface area (Å²) in [4.78, 5) is 11.3. The largest absolute Gasteiger partial charge is 0.396 e. The molecule has 0 aliphatic carbocycles. The van der Waals surface area contributed by atoms with Crippen LogP contribution in [0.1, 0.15) is 40.0 Å². The minimum Gasteiger partial charge on any atom is -0.396 e. The molecular formula is C12H26N2O2. The maximum absolute atomic E-state index is 11.3. The standard InChI is InChI=1S/C12H26N2O2/c1-10(2)14-12(16)6-8-13-7-4-5-11(3)9-15/h10-11,13,15H,4-9H2,1-3H3,(H,14,16). The van der Waals surface area contributed by atoms with Gasteiger partial charge in [0.05, 0.1) is 0 Å². The summed E-state index contributed by atoms with van der Waals surface area (Å²) >= 11 is 0. The van der Waals surface area contributed by atoms with E-state index in [9.17, 15) is 4.79 Å². The lowest BCUT2D eigenvalue weighted by molar-refractivity contribution is -0.121. The highest BCUT2D eigenvalue weighted by molar-refractivity contribution is 5.76. The van der Waals surface area contributed by atoms with Crippen molar-refractivity contribution in [3.63, 3.8) is 0 Å². The second-order valence-corrected chi connectivity index (χ2v) is 4.65. The van der Waals surface area contributed by atoms with Crippen LogP contribution >= 0.6 is 0 Å². The van der Waals surface area contributed by atoms with Gasteiger partial charge in [-0.2, -0.15) is 0 Å². The molecule has 0 saturated carbocycles. The van der Waals surface area contributed by atoms with E-state index in [-0.39, 0.29) is 18.6 Å². The van der Waals surface area contributed by atoms with E-state index in [1.807, 2.05) is 20.8 Å². The number of carbonyl (C=O) groups excluding carboxylic acids is 1. The van der Waals surface area contributed by atoms with Gasteiger partial charge in [0.25, 0.3) is 0 Å². The van der Waals surface area contributed by atoms with E-state index in [0.717, 1.165) is 25.9 Å². The number of nitrogens with one attached hydrogen (secondary N) is 2. The monoisotopic (exact) mass is 230 g/mol. The molecule has 16 heavy (non-hydrogen) atoms. The van der Waals surface area contributed by atoms with Crippen LogP contribution in [-0.2, 0) is 4.79 Å². The topological polar surface area (TPSA) is 61.4 Å². The lowest BCUT2D eigenvalue weighted by Crippen LogP contribution is -2.32. The number of hydrogen-bond donors (Lipinski definition) is 3. The van der Waals surface area contributed by atoms with Gasteiger partial charge < -0.3 is 15.7 Å². The zero-order valence-electron chi connectivity index (χ0n) is 10.8. The third-order valence-electron chi connectivity index (χ3n) is 2.34. The second kappa shape index (κ2) is 9.60.